The van der Waals surface area contributed by atoms with E-state index in [1.807, 2.05) is 63.5 Å². The first kappa shape index (κ1) is 30.7. The Morgan fingerprint density at radius 3 is 2.44 bits per heavy atom. The number of hydrogen-bond donors (Lipinski definition) is 2. The van der Waals surface area contributed by atoms with Crippen LogP contribution in [0.3, 0.4) is 0 Å². The van der Waals surface area contributed by atoms with E-state index in [1.54, 1.807) is 29.5 Å². The van der Waals surface area contributed by atoms with E-state index in [2.05, 4.69) is 35.4 Å². The van der Waals surface area contributed by atoms with Crippen LogP contribution in [0, 0.1) is 6.92 Å². The molecule has 0 radical (unpaired) electrons. The molecule has 234 valence electrons. The van der Waals surface area contributed by atoms with E-state index in [9.17, 15) is 14.4 Å². The summed E-state index contributed by atoms with van der Waals surface area (Å²) in [4.78, 5) is 49.9. The fraction of sp³-hybridized carbons (Fsp3) is 0.371. The monoisotopic (exact) mass is 624 g/mol. The molecule has 0 spiro atoms. The third kappa shape index (κ3) is 5.92. The minimum absolute atomic E-state index is 0.0696. The standard InChI is InChI=1S/C35H40N6O3S/c1-20-10-11-21(2)31-26(20)18-29(45-31)33(42)38-27-9-7-8-25(22(27)3)28-19-41(6)35(44)32(37-28)36-24-14-12-23(13-15-24)30-34(43)40(5)17-16-39(30)4/h7-9,12-15,18-21,30H,10-11,16-17H2,1-6H3,(H,36,37)(H,38,42)/t20-,21+,30+/m1/s1. The molecule has 2 aromatic carbocycles. The van der Waals surface area contributed by atoms with Crippen LogP contribution in [0.5, 0.6) is 0 Å². The number of nitrogens with zero attached hydrogens (tertiary/aromatic N) is 4. The predicted molar refractivity (Wildman–Crippen MR) is 181 cm³/mol. The van der Waals surface area contributed by atoms with E-state index < -0.39 is 0 Å². The summed E-state index contributed by atoms with van der Waals surface area (Å²) >= 11 is 1.60. The molecule has 1 saturated heterocycles. The Morgan fingerprint density at radius 2 is 1.71 bits per heavy atom. The van der Waals surface area contributed by atoms with Crippen LogP contribution in [-0.2, 0) is 11.8 Å². The SMILES string of the molecule is Cc1c(NC(=O)c2cc3c(s2)[C@@H](C)CC[C@H]3C)cccc1-c1cn(C)c(=O)c(Nc2ccc([C@H]3C(=O)N(C)CCN3C)cc2)n1. The lowest BCUT2D eigenvalue weighted by atomic mass is 9.83. The number of piperazine rings is 1. The zero-order chi connectivity index (χ0) is 32.0. The van der Waals surface area contributed by atoms with Gasteiger partial charge in [-0.3, -0.25) is 19.3 Å². The minimum Gasteiger partial charge on any atom is -0.343 e. The fourth-order valence-electron chi connectivity index (χ4n) is 6.36. The number of aryl methyl sites for hydroxylation is 1. The van der Waals surface area contributed by atoms with Gasteiger partial charge in [0.2, 0.25) is 5.91 Å². The van der Waals surface area contributed by atoms with Gasteiger partial charge in [-0.1, -0.05) is 38.1 Å². The van der Waals surface area contributed by atoms with E-state index in [0.717, 1.165) is 41.0 Å². The number of amides is 2. The molecule has 0 bridgehead atoms. The van der Waals surface area contributed by atoms with E-state index in [1.165, 1.54) is 15.0 Å². The number of carbonyl (C=O) groups excluding carboxylic acids is 2. The normalized spacial score (nSPS) is 20.2. The molecular formula is C35H40N6O3S. The quantitative estimate of drug-likeness (QED) is 0.263. The van der Waals surface area contributed by atoms with Gasteiger partial charge in [-0.05, 0) is 79.6 Å². The maximum absolute atomic E-state index is 13.4. The average Bonchev–Trinajstić information content (AvgIpc) is 3.49. The second-order valence-corrected chi connectivity index (χ2v) is 13.6. The average molecular weight is 625 g/mol. The summed E-state index contributed by atoms with van der Waals surface area (Å²) in [5.41, 5.74) is 5.63. The third-order valence-corrected chi connectivity index (χ3v) is 10.7. The molecule has 45 heavy (non-hydrogen) atoms. The van der Waals surface area contributed by atoms with E-state index in [0.29, 0.717) is 35.4 Å². The summed E-state index contributed by atoms with van der Waals surface area (Å²) in [6.45, 7) is 7.95. The molecule has 2 aromatic heterocycles. The summed E-state index contributed by atoms with van der Waals surface area (Å²) < 4.78 is 1.51. The lowest BCUT2D eigenvalue weighted by Gasteiger charge is -2.37. The molecule has 4 aromatic rings. The molecule has 3 atom stereocenters. The summed E-state index contributed by atoms with van der Waals surface area (Å²) in [5.74, 6) is 1.10. The topological polar surface area (TPSA) is 99.6 Å². The van der Waals surface area contributed by atoms with Gasteiger partial charge in [0.15, 0.2) is 5.82 Å². The number of aromatic nitrogens is 2. The van der Waals surface area contributed by atoms with E-state index >= 15 is 0 Å². The Balaban J connectivity index is 1.24. The first-order chi connectivity index (χ1) is 21.5. The number of nitrogens with one attached hydrogen (secondary N) is 2. The first-order valence-corrected chi connectivity index (χ1v) is 16.3. The van der Waals surface area contributed by atoms with Gasteiger partial charge in [-0.15, -0.1) is 11.3 Å². The van der Waals surface area contributed by atoms with Gasteiger partial charge in [-0.25, -0.2) is 4.98 Å². The number of rotatable bonds is 6. The molecule has 6 rings (SSSR count). The van der Waals surface area contributed by atoms with Gasteiger partial charge in [0, 0.05) is 55.2 Å². The van der Waals surface area contributed by atoms with Gasteiger partial charge in [0.1, 0.15) is 6.04 Å². The number of thiophene rings is 1. The highest BCUT2D eigenvalue weighted by molar-refractivity contribution is 7.14. The maximum atomic E-state index is 13.4. The molecule has 2 aliphatic rings. The molecule has 0 unspecified atom stereocenters. The molecule has 3 heterocycles. The van der Waals surface area contributed by atoms with Gasteiger partial charge < -0.3 is 20.1 Å². The number of fused-ring (bicyclic) bond motifs is 1. The highest BCUT2D eigenvalue weighted by Crippen LogP contribution is 2.43. The number of benzene rings is 2. The Morgan fingerprint density at radius 1 is 0.978 bits per heavy atom. The van der Waals surface area contributed by atoms with Gasteiger partial charge >= 0.3 is 0 Å². The van der Waals surface area contributed by atoms with Crippen molar-refractivity contribution in [1.29, 1.82) is 0 Å². The van der Waals surface area contributed by atoms with Crippen molar-refractivity contribution < 1.29 is 9.59 Å². The molecular weight excluding hydrogens is 584 g/mol. The smallest absolute Gasteiger partial charge is 0.293 e. The lowest BCUT2D eigenvalue weighted by Crippen LogP contribution is -2.48. The van der Waals surface area contributed by atoms with Crippen molar-refractivity contribution in [3.8, 4) is 11.3 Å². The van der Waals surface area contributed by atoms with Gasteiger partial charge in [-0.2, -0.15) is 0 Å². The molecule has 0 saturated carbocycles. The minimum atomic E-state index is -0.333. The van der Waals surface area contributed by atoms with Crippen molar-refractivity contribution >= 4 is 40.3 Å². The van der Waals surface area contributed by atoms with Crippen LogP contribution in [0.15, 0.2) is 59.5 Å². The summed E-state index contributed by atoms with van der Waals surface area (Å²) in [5, 5.41) is 6.31. The molecule has 1 fully saturated rings. The van der Waals surface area contributed by atoms with E-state index in [-0.39, 0.29) is 29.2 Å². The lowest BCUT2D eigenvalue weighted by molar-refractivity contribution is -0.139. The van der Waals surface area contributed by atoms with Gasteiger partial charge in [0.05, 0.1) is 10.6 Å². The Labute approximate surface area is 267 Å². The van der Waals surface area contributed by atoms with Crippen molar-refractivity contribution in [2.24, 2.45) is 7.05 Å². The zero-order valence-electron chi connectivity index (χ0n) is 26.7. The molecule has 9 nitrogen and oxygen atoms in total. The van der Waals surface area contributed by atoms with Gasteiger partial charge in [0.25, 0.3) is 11.5 Å². The molecule has 2 N–H and O–H groups in total. The summed E-state index contributed by atoms with van der Waals surface area (Å²) in [7, 11) is 5.48. The Kier molecular flexibility index (Phi) is 8.37. The van der Waals surface area contributed by atoms with Crippen LogP contribution in [0.1, 0.15) is 75.8 Å². The van der Waals surface area contributed by atoms with Crippen molar-refractivity contribution in [1.82, 2.24) is 19.4 Å². The first-order valence-electron chi connectivity index (χ1n) is 15.5. The van der Waals surface area contributed by atoms with Crippen LogP contribution in [0.25, 0.3) is 11.3 Å². The molecule has 1 aliphatic heterocycles. The Bertz CT molecular complexity index is 1800. The summed E-state index contributed by atoms with van der Waals surface area (Å²) in [6.07, 6.45) is 4.02. The number of anilines is 3. The highest BCUT2D eigenvalue weighted by atomic mass is 32.1. The predicted octanol–water partition coefficient (Wildman–Crippen LogP) is 6.26. The van der Waals surface area contributed by atoms with Crippen LogP contribution < -0.4 is 16.2 Å². The largest absolute Gasteiger partial charge is 0.343 e. The van der Waals surface area contributed by atoms with Crippen LogP contribution in [-0.4, -0.2) is 58.4 Å². The second kappa shape index (κ2) is 12.3. The molecule has 1 aliphatic carbocycles. The van der Waals surface area contributed by atoms with Crippen molar-refractivity contribution in [2.75, 3.05) is 37.8 Å². The number of carbonyl (C=O) groups is 2. The number of likely N-dealkylation sites (N-methyl/N-ethyl adjacent to an activating group) is 2. The van der Waals surface area contributed by atoms with Crippen molar-refractivity contribution in [2.45, 2.75) is 51.5 Å². The van der Waals surface area contributed by atoms with Crippen LogP contribution >= 0.6 is 11.3 Å². The van der Waals surface area contributed by atoms with E-state index in [4.69, 9.17) is 4.98 Å². The van der Waals surface area contributed by atoms with Crippen molar-refractivity contribution in [3.05, 3.63) is 91.5 Å². The fourth-order valence-corrected chi connectivity index (χ4v) is 7.63. The highest BCUT2D eigenvalue weighted by Gasteiger charge is 2.32. The molecule has 2 amide bonds. The Hall–Kier alpha value is -4.28. The van der Waals surface area contributed by atoms with Crippen molar-refractivity contribution in [3.63, 3.8) is 0 Å². The molecule has 10 heteroatoms. The zero-order valence-corrected chi connectivity index (χ0v) is 27.5. The maximum Gasteiger partial charge on any atom is 0.293 e. The van der Waals surface area contributed by atoms with Crippen LogP contribution in [0.2, 0.25) is 0 Å². The van der Waals surface area contributed by atoms with Crippen LogP contribution in [0.4, 0.5) is 17.2 Å². The second-order valence-electron chi connectivity index (χ2n) is 12.5. The number of hydrogen-bond acceptors (Lipinski definition) is 7. The summed E-state index contributed by atoms with van der Waals surface area (Å²) in [6, 6.07) is 15.0. The third-order valence-electron chi connectivity index (χ3n) is 9.28.